The van der Waals surface area contributed by atoms with E-state index in [9.17, 15) is 8.78 Å². The van der Waals surface area contributed by atoms with Crippen LogP contribution in [0.15, 0.2) is 18.2 Å². The van der Waals surface area contributed by atoms with E-state index in [1.165, 1.54) is 18.9 Å². The first-order chi connectivity index (χ1) is 10.0. The first-order valence-electron chi connectivity index (χ1n) is 7.96. The molecule has 1 aliphatic rings. The van der Waals surface area contributed by atoms with Gasteiger partial charge < -0.3 is 5.32 Å². The summed E-state index contributed by atoms with van der Waals surface area (Å²) in [7, 11) is 0. The van der Waals surface area contributed by atoms with Crippen LogP contribution in [-0.2, 0) is 0 Å². The minimum atomic E-state index is -0.768. The highest BCUT2D eigenvalue weighted by atomic mass is 19.2. The van der Waals surface area contributed by atoms with E-state index in [1.807, 2.05) is 6.92 Å². The van der Waals surface area contributed by atoms with Gasteiger partial charge in [0.2, 0.25) is 0 Å². The van der Waals surface area contributed by atoms with E-state index in [0.29, 0.717) is 17.5 Å². The van der Waals surface area contributed by atoms with E-state index in [2.05, 4.69) is 24.1 Å². The summed E-state index contributed by atoms with van der Waals surface area (Å²) in [6.45, 7) is 8.98. The van der Waals surface area contributed by atoms with Crippen LogP contribution in [0, 0.1) is 17.6 Å². The van der Waals surface area contributed by atoms with Crippen molar-refractivity contribution in [2.75, 3.05) is 19.6 Å². The molecule has 3 unspecified atom stereocenters. The van der Waals surface area contributed by atoms with Crippen molar-refractivity contribution in [1.29, 1.82) is 0 Å². The van der Waals surface area contributed by atoms with Crippen LogP contribution in [0.1, 0.15) is 45.2 Å². The number of likely N-dealkylation sites (tertiary alicyclic amines) is 1. The molecule has 1 fully saturated rings. The van der Waals surface area contributed by atoms with Crippen molar-refractivity contribution in [1.82, 2.24) is 10.2 Å². The fourth-order valence-corrected chi connectivity index (χ4v) is 3.22. The van der Waals surface area contributed by atoms with Crippen molar-refractivity contribution < 1.29 is 8.78 Å². The second kappa shape index (κ2) is 7.32. The molecular weight excluding hydrogens is 270 g/mol. The normalized spacial score (nSPS) is 25.0. The highest BCUT2D eigenvalue weighted by Crippen LogP contribution is 2.26. The molecule has 0 saturated carbocycles. The third kappa shape index (κ3) is 3.80. The van der Waals surface area contributed by atoms with Crippen molar-refractivity contribution in [2.24, 2.45) is 5.92 Å². The average molecular weight is 296 g/mol. The zero-order valence-corrected chi connectivity index (χ0v) is 13.2. The van der Waals surface area contributed by atoms with Gasteiger partial charge in [-0.05, 0) is 44.8 Å². The van der Waals surface area contributed by atoms with Crippen LogP contribution in [-0.4, -0.2) is 30.6 Å². The number of halogens is 2. The molecule has 2 rings (SSSR count). The maximum absolute atomic E-state index is 14.1. The van der Waals surface area contributed by atoms with E-state index in [0.717, 1.165) is 19.6 Å². The summed E-state index contributed by atoms with van der Waals surface area (Å²) < 4.78 is 27.6. The molecule has 0 radical (unpaired) electrons. The predicted molar refractivity (Wildman–Crippen MR) is 82.2 cm³/mol. The highest BCUT2D eigenvalue weighted by molar-refractivity contribution is 5.23. The number of hydrogen-bond donors (Lipinski definition) is 1. The fourth-order valence-electron chi connectivity index (χ4n) is 3.22. The Morgan fingerprint density at radius 1 is 1.33 bits per heavy atom. The minimum Gasteiger partial charge on any atom is -0.309 e. The summed E-state index contributed by atoms with van der Waals surface area (Å²) >= 11 is 0. The Balaban J connectivity index is 2.17. The maximum atomic E-state index is 14.1. The Morgan fingerprint density at radius 3 is 2.81 bits per heavy atom. The third-order valence-electron chi connectivity index (χ3n) is 4.73. The van der Waals surface area contributed by atoms with Crippen molar-refractivity contribution in [2.45, 2.75) is 45.7 Å². The van der Waals surface area contributed by atoms with Gasteiger partial charge in [-0.15, -0.1) is 0 Å². The molecule has 1 aromatic carbocycles. The molecule has 1 saturated heterocycles. The molecule has 1 N–H and O–H groups in total. The smallest absolute Gasteiger partial charge is 0.163 e. The van der Waals surface area contributed by atoms with Gasteiger partial charge in [-0.3, -0.25) is 4.90 Å². The number of hydrogen-bond acceptors (Lipinski definition) is 2. The zero-order valence-electron chi connectivity index (χ0n) is 13.2. The van der Waals surface area contributed by atoms with Crippen molar-refractivity contribution in [3.8, 4) is 0 Å². The summed E-state index contributed by atoms with van der Waals surface area (Å²) in [6.07, 6.45) is 2.42. The molecule has 1 heterocycles. The van der Waals surface area contributed by atoms with Gasteiger partial charge in [0, 0.05) is 24.2 Å². The molecule has 4 heteroatoms. The molecule has 0 aliphatic carbocycles. The number of nitrogens with one attached hydrogen (secondary N) is 1. The van der Waals surface area contributed by atoms with Crippen LogP contribution in [0.3, 0.4) is 0 Å². The summed E-state index contributed by atoms with van der Waals surface area (Å²) in [6, 6.07) is 4.76. The molecule has 2 nitrogen and oxygen atoms in total. The van der Waals surface area contributed by atoms with Crippen LogP contribution in [0.4, 0.5) is 8.78 Å². The zero-order chi connectivity index (χ0) is 15.4. The molecule has 0 amide bonds. The van der Waals surface area contributed by atoms with Crippen LogP contribution < -0.4 is 5.32 Å². The van der Waals surface area contributed by atoms with Gasteiger partial charge in [-0.2, -0.15) is 0 Å². The number of piperidine rings is 1. The van der Waals surface area contributed by atoms with Gasteiger partial charge in [0.1, 0.15) is 0 Å². The Kier molecular flexibility index (Phi) is 5.71. The number of likely N-dealkylation sites (N-methyl/N-ethyl adjacent to an activating group) is 1. The largest absolute Gasteiger partial charge is 0.309 e. The molecule has 21 heavy (non-hydrogen) atoms. The summed E-state index contributed by atoms with van der Waals surface area (Å²) in [5.41, 5.74) is 0.433. The van der Waals surface area contributed by atoms with E-state index in [4.69, 9.17) is 0 Å². The van der Waals surface area contributed by atoms with Crippen LogP contribution in [0.5, 0.6) is 0 Å². The molecule has 0 bridgehead atoms. The Bertz CT molecular complexity index is 464. The Labute approximate surface area is 126 Å². The lowest BCUT2D eigenvalue weighted by Crippen LogP contribution is -2.46. The predicted octanol–water partition coefficient (Wildman–Crippen LogP) is 3.74. The van der Waals surface area contributed by atoms with Gasteiger partial charge in [0.25, 0.3) is 0 Å². The molecular formula is C17H26F2N2. The van der Waals surface area contributed by atoms with Crippen molar-refractivity contribution in [3.63, 3.8) is 0 Å². The summed E-state index contributed by atoms with van der Waals surface area (Å²) in [4.78, 5) is 2.39. The number of rotatable bonds is 5. The molecule has 1 aromatic rings. The van der Waals surface area contributed by atoms with Crippen molar-refractivity contribution >= 4 is 0 Å². The number of benzene rings is 1. The second-order valence-corrected chi connectivity index (χ2v) is 6.11. The SMILES string of the molecule is CCNC(CN1CCCC(C)C1C)c1cccc(F)c1F. The topological polar surface area (TPSA) is 15.3 Å². The quantitative estimate of drug-likeness (QED) is 0.890. The van der Waals surface area contributed by atoms with Gasteiger partial charge in [0.15, 0.2) is 11.6 Å². The maximum Gasteiger partial charge on any atom is 0.163 e. The molecule has 118 valence electrons. The Hall–Kier alpha value is -1.00. The molecule has 0 spiro atoms. The standard InChI is InChI=1S/C17H26F2N2/c1-4-20-16(14-8-5-9-15(18)17(14)19)11-21-10-6-7-12(2)13(21)3/h5,8-9,12-13,16,20H,4,6-7,10-11H2,1-3H3. The van der Waals surface area contributed by atoms with E-state index >= 15 is 0 Å². The minimum absolute atomic E-state index is 0.168. The van der Waals surface area contributed by atoms with Crippen LogP contribution in [0.2, 0.25) is 0 Å². The van der Waals surface area contributed by atoms with E-state index in [1.54, 1.807) is 12.1 Å². The molecule has 0 aromatic heterocycles. The van der Waals surface area contributed by atoms with E-state index in [-0.39, 0.29) is 6.04 Å². The lowest BCUT2D eigenvalue weighted by atomic mass is 9.91. The van der Waals surface area contributed by atoms with Gasteiger partial charge in [-0.1, -0.05) is 26.0 Å². The summed E-state index contributed by atoms with van der Waals surface area (Å²) in [5, 5.41) is 3.30. The second-order valence-electron chi connectivity index (χ2n) is 6.11. The Morgan fingerprint density at radius 2 is 2.10 bits per heavy atom. The van der Waals surface area contributed by atoms with Gasteiger partial charge in [-0.25, -0.2) is 8.78 Å². The van der Waals surface area contributed by atoms with Gasteiger partial charge in [0.05, 0.1) is 0 Å². The highest BCUT2D eigenvalue weighted by Gasteiger charge is 2.28. The van der Waals surface area contributed by atoms with Crippen molar-refractivity contribution in [3.05, 3.63) is 35.4 Å². The van der Waals surface area contributed by atoms with Crippen LogP contribution >= 0.6 is 0 Å². The number of nitrogens with zero attached hydrogens (tertiary/aromatic N) is 1. The lowest BCUT2D eigenvalue weighted by molar-refractivity contribution is 0.101. The third-order valence-corrected chi connectivity index (χ3v) is 4.73. The lowest BCUT2D eigenvalue weighted by Gasteiger charge is -2.40. The fraction of sp³-hybridized carbons (Fsp3) is 0.647. The molecule has 1 aliphatic heterocycles. The average Bonchev–Trinajstić information content (AvgIpc) is 2.46. The van der Waals surface area contributed by atoms with Gasteiger partial charge >= 0.3 is 0 Å². The first-order valence-corrected chi connectivity index (χ1v) is 7.96. The van der Waals surface area contributed by atoms with Crippen LogP contribution in [0.25, 0.3) is 0 Å². The monoisotopic (exact) mass is 296 g/mol. The summed E-state index contributed by atoms with van der Waals surface area (Å²) in [5.74, 6) is -0.838. The molecule has 3 atom stereocenters. The van der Waals surface area contributed by atoms with E-state index < -0.39 is 11.6 Å². The first kappa shape index (κ1) is 16.4.